The second-order valence-electron chi connectivity index (χ2n) is 6.88. The smallest absolute Gasteiger partial charge is 0.267 e. The maximum absolute atomic E-state index is 12.5. The van der Waals surface area contributed by atoms with Crippen LogP contribution in [-0.4, -0.2) is 33.8 Å². The van der Waals surface area contributed by atoms with Crippen molar-refractivity contribution in [3.63, 3.8) is 0 Å². The number of rotatable bonds is 7. The van der Waals surface area contributed by atoms with Gasteiger partial charge in [-0.25, -0.2) is 4.68 Å². The van der Waals surface area contributed by atoms with E-state index in [1.165, 1.54) is 10.7 Å². The third-order valence-corrected chi connectivity index (χ3v) is 4.41. The van der Waals surface area contributed by atoms with Gasteiger partial charge in [0.2, 0.25) is 5.91 Å². The van der Waals surface area contributed by atoms with Crippen molar-refractivity contribution in [2.75, 3.05) is 13.2 Å². The van der Waals surface area contributed by atoms with Gasteiger partial charge in [-0.05, 0) is 62.2 Å². The molecule has 2 aromatic heterocycles. The predicted molar refractivity (Wildman–Crippen MR) is 111 cm³/mol. The van der Waals surface area contributed by atoms with Gasteiger partial charge in [0.25, 0.3) is 5.56 Å². The standard InChI is InChI=1S/C22H24N4O3/c1-15-12-16(2)14-19(13-15)29-11-10-24-22(28)17(3)26-21(27)5-4-20(25-26)18-6-8-23-9-7-18/h4-9,12-14,17H,10-11H2,1-3H3,(H,24,28). The second-order valence-corrected chi connectivity index (χ2v) is 6.88. The molecule has 1 amide bonds. The highest BCUT2D eigenvalue weighted by Gasteiger charge is 2.17. The van der Waals surface area contributed by atoms with Crippen LogP contribution in [-0.2, 0) is 4.79 Å². The van der Waals surface area contributed by atoms with Crippen LogP contribution >= 0.6 is 0 Å². The van der Waals surface area contributed by atoms with Crippen LogP contribution in [0.5, 0.6) is 5.75 Å². The summed E-state index contributed by atoms with van der Waals surface area (Å²) in [7, 11) is 0. The van der Waals surface area contributed by atoms with E-state index in [0.29, 0.717) is 18.8 Å². The van der Waals surface area contributed by atoms with Crippen LogP contribution in [0.25, 0.3) is 11.3 Å². The summed E-state index contributed by atoms with van der Waals surface area (Å²) in [6.45, 7) is 6.32. The van der Waals surface area contributed by atoms with Gasteiger partial charge in [0, 0.05) is 24.0 Å². The number of hydrogen-bond acceptors (Lipinski definition) is 5. The average Bonchev–Trinajstić information content (AvgIpc) is 2.71. The number of nitrogens with zero attached hydrogens (tertiary/aromatic N) is 3. The van der Waals surface area contributed by atoms with E-state index in [0.717, 1.165) is 22.4 Å². The highest BCUT2D eigenvalue weighted by molar-refractivity contribution is 5.79. The lowest BCUT2D eigenvalue weighted by atomic mass is 10.1. The number of pyridine rings is 1. The zero-order valence-electron chi connectivity index (χ0n) is 16.8. The van der Waals surface area contributed by atoms with Crippen LogP contribution in [0.15, 0.2) is 59.7 Å². The molecule has 7 nitrogen and oxygen atoms in total. The molecule has 29 heavy (non-hydrogen) atoms. The van der Waals surface area contributed by atoms with E-state index < -0.39 is 6.04 Å². The first-order valence-corrected chi connectivity index (χ1v) is 9.43. The van der Waals surface area contributed by atoms with Gasteiger partial charge in [-0.15, -0.1) is 0 Å². The lowest BCUT2D eigenvalue weighted by Gasteiger charge is -2.15. The van der Waals surface area contributed by atoms with Gasteiger partial charge in [-0.1, -0.05) is 6.07 Å². The van der Waals surface area contributed by atoms with Crippen LogP contribution in [0.2, 0.25) is 0 Å². The molecule has 0 bridgehead atoms. The topological polar surface area (TPSA) is 86.1 Å². The molecule has 0 saturated carbocycles. The molecule has 150 valence electrons. The van der Waals surface area contributed by atoms with Gasteiger partial charge in [-0.3, -0.25) is 14.6 Å². The van der Waals surface area contributed by atoms with E-state index >= 15 is 0 Å². The van der Waals surface area contributed by atoms with E-state index in [4.69, 9.17) is 4.74 Å². The molecule has 3 aromatic rings. The number of benzene rings is 1. The lowest BCUT2D eigenvalue weighted by Crippen LogP contribution is -2.38. The molecule has 0 radical (unpaired) electrons. The Kier molecular flexibility index (Phi) is 6.39. The Labute approximate surface area is 169 Å². The molecule has 2 heterocycles. The minimum Gasteiger partial charge on any atom is -0.492 e. The zero-order chi connectivity index (χ0) is 20.8. The average molecular weight is 392 g/mol. The molecule has 1 aromatic carbocycles. The first kappa shape index (κ1) is 20.3. The molecule has 0 aliphatic heterocycles. The summed E-state index contributed by atoms with van der Waals surface area (Å²) in [5.41, 5.74) is 3.33. The van der Waals surface area contributed by atoms with Crippen molar-refractivity contribution in [3.8, 4) is 17.0 Å². The zero-order valence-corrected chi connectivity index (χ0v) is 16.8. The number of amides is 1. The largest absolute Gasteiger partial charge is 0.492 e. The van der Waals surface area contributed by atoms with E-state index in [1.807, 2.05) is 26.0 Å². The molecule has 0 aliphatic carbocycles. The molecular weight excluding hydrogens is 368 g/mol. The number of nitrogens with one attached hydrogen (secondary N) is 1. The quantitative estimate of drug-likeness (QED) is 0.625. The minimum atomic E-state index is -0.745. The number of hydrogen-bond donors (Lipinski definition) is 1. The number of aryl methyl sites for hydroxylation is 2. The third kappa shape index (κ3) is 5.28. The summed E-state index contributed by atoms with van der Waals surface area (Å²) >= 11 is 0. The van der Waals surface area contributed by atoms with Gasteiger partial charge < -0.3 is 10.1 Å². The van der Waals surface area contributed by atoms with E-state index in [-0.39, 0.29) is 11.5 Å². The van der Waals surface area contributed by atoms with Crippen molar-refractivity contribution < 1.29 is 9.53 Å². The maximum atomic E-state index is 12.5. The van der Waals surface area contributed by atoms with Crippen LogP contribution < -0.4 is 15.6 Å². The molecule has 0 saturated heterocycles. The van der Waals surface area contributed by atoms with Crippen LogP contribution in [0, 0.1) is 13.8 Å². The SMILES string of the molecule is Cc1cc(C)cc(OCCNC(=O)C(C)n2nc(-c3ccncc3)ccc2=O)c1. The fraction of sp³-hybridized carbons (Fsp3) is 0.273. The fourth-order valence-electron chi connectivity index (χ4n) is 3.00. The molecule has 0 aliphatic rings. The van der Waals surface area contributed by atoms with Crippen molar-refractivity contribution in [1.29, 1.82) is 0 Å². The van der Waals surface area contributed by atoms with E-state index in [1.54, 1.807) is 37.5 Å². The van der Waals surface area contributed by atoms with Crippen molar-refractivity contribution in [1.82, 2.24) is 20.1 Å². The number of carbonyl (C=O) groups is 1. The first-order chi connectivity index (χ1) is 13.9. The van der Waals surface area contributed by atoms with Gasteiger partial charge in [0.1, 0.15) is 18.4 Å². The Hall–Kier alpha value is -3.48. The van der Waals surface area contributed by atoms with Gasteiger partial charge in [0.15, 0.2) is 0 Å². The maximum Gasteiger partial charge on any atom is 0.267 e. The summed E-state index contributed by atoms with van der Waals surface area (Å²) in [6, 6.07) is 11.9. The van der Waals surface area contributed by atoms with Crippen LogP contribution in [0.1, 0.15) is 24.1 Å². The molecule has 1 atom stereocenters. The Balaban J connectivity index is 1.60. The summed E-state index contributed by atoms with van der Waals surface area (Å²) in [6.07, 6.45) is 3.30. The predicted octanol–water partition coefficient (Wildman–Crippen LogP) is 2.68. The van der Waals surface area contributed by atoms with Gasteiger partial charge >= 0.3 is 0 Å². The summed E-state index contributed by atoms with van der Waals surface area (Å²) < 4.78 is 6.89. The molecule has 1 unspecified atom stereocenters. The van der Waals surface area contributed by atoms with Crippen molar-refractivity contribution in [2.45, 2.75) is 26.8 Å². The Morgan fingerprint density at radius 2 is 1.79 bits per heavy atom. The molecule has 3 rings (SSSR count). The minimum absolute atomic E-state index is 0.296. The Morgan fingerprint density at radius 1 is 1.10 bits per heavy atom. The van der Waals surface area contributed by atoms with Gasteiger partial charge in [0.05, 0.1) is 12.2 Å². The normalized spacial score (nSPS) is 11.7. The number of carbonyl (C=O) groups excluding carboxylic acids is 1. The van der Waals surface area contributed by atoms with Gasteiger partial charge in [-0.2, -0.15) is 5.10 Å². The van der Waals surface area contributed by atoms with Crippen molar-refractivity contribution in [3.05, 3.63) is 76.3 Å². The van der Waals surface area contributed by atoms with Crippen LogP contribution in [0.4, 0.5) is 0 Å². The number of ether oxygens (including phenoxy) is 1. The Morgan fingerprint density at radius 3 is 2.48 bits per heavy atom. The summed E-state index contributed by atoms with van der Waals surface area (Å²) in [5.74, 6) is 0.475. The molecule has 7 heteroatoms. The Bertz CT molecular complexity index is 1030. The van der Waals surface area contributed by atoms with Crippen molar-refractivity contribution >= 4 is 5.91 Å². The third-order valence-electron chi connectivity index (χ3n) is 4.41. The molecule has 0 fully saturated rings. The highest BCUT2D eigenvalue weighted by Crippen LogP contribution is 2.16. The fourth-order valence-corrected chi connectivity index (χ4v) is 3.00. The monoisotopic (exact) mass is 392 g/mol. The number of aromatic nitrogens is 3. The lowest BCUT2D eigenvalue weighted by molar-refractivity contribution is -0.124. The second kappa shape index (κ2) is 9.14. The molecular formula is C22H24N4O3. The van der Waals surface area contributed by atoms with Crippen LogP contribution in [0.3, 0.4) is 0 Å². The molecule has 1 N–H and O–H groups in total. The van der Waals surface area contributed by atoms with Crippen molar-refractivity contribution in [2.24, 2.45) is 0 Å². The van der Waals surface area contributed by atoms with E-state index in [9.17, 15) is 9.59 Å². The summed E-state index contributed by atoms with van der Waals surface area (Å²) in [5, 5.41) is 7.14. The highest BCUT2D eigenvalue weighted by atomic mass is 16.5. The first-order valence-electron chi connectivity index (χ1n) is 9.43. The summed E-state index contributed by atoms with van der Waals surface area (Å²) in [4.78, 5) is 28.7. The van der Waals surface area contributed by atoms with E-state index in [2.05, 4.69) is 21.5 Å². The molecule has 0 spiro atoms.